The first-order valence-corrected chi connectivity index (χ1v) is 7.21. The molecule has 0 aliphatic carbocycles. The van der Waals surface area contributed by atoms with Gasteiger partial charge < -0.3 is 14.2 Å². The van der Waals surface area contributed by atoms with Crippen LogP contribution in [0.15, 0.2) is 24.7 Å². The van der Waals surface area contributed by atoms with Gasteiger partial charge >= 0.3 is 11.9 Å². The minimum atomic E-state index is -0.524. The van der Waals surface area contributed by atoms with E-state index in [-0.39, 0.29) is 0 Å². The van der Waals surface area contributed by atoms with Crippen molar-refractivity contribution < 1.29 is 23.8 Å². The van der Waals surface area contributed by atoms with Crippen LogP contribution in [0.3, 0.4) is 0 Å². The number of ether oxygens (including phenoxy) is 3. The molecule has 0 N–H and O–H groups in total. The number of hydrogen-bond acceptors (Lipinski definition) is 5. The third-order valence-corrected chi connectivity index (χ3v) is 2.70. The third-order valence-electron chi connectivity index (χ3n) is 2.70. The maximum absolute atomic E-state index is 11.1. The van der Waals surface area contributed by atoms with E-state index in [1.54, 1.807) is 0 Å². The molecule has 0 aliphatic heterocycles. The van der Waals surface area contributed by atoms with Gasteiger partial charge in [-0.3, -0.25) is 9.59 Å². The second-order valence-corrected chi connectivity index (χ2v) is 4.81. The van der Waals surface area contributed by atoms with Gasteiger partial charge in [-0.15, -0.1) is 0 Å². The van der Waals surface area contributed by atoms with Crippen LogP contribution in [0.1, 0.15) is 53.4 Å². The maximum Gasteiger partial charge on any atom is 0.303 e. The standard InChI is InChI=1S/C16H26O5/c1-7-9-15(20-13(5)17)11(3)19-12(4)16(10-8-2)21-14(6)18/h15-16H,3-4,7-10H2,1-2,5-6H3. The van der Waals surface area contributed by atoms with Gasteiger partial charge in [-0.25, -0.2) is 0 Å². The Kier molecular flexibility index (Phi) is 9.17. The van der Waals surface area contributed by atoms with Crippen molar-refractivity contribution in [1.82, 2.24) is 0 Å². The van der Waals surface area contributed by atoms with Gasteiger partial charge in [0.2, 0.25) is 0 Å². The van der Waals surface area contributed by atoms with Crippen molar-refractivity contribution in [3.8, 4) is 0 Å². The van der Waals surface area contributed by atoms with Crippen molar-refractivity contribution in [2.24, 2.45) is 0 Å². The molecule has 5 nitrogen and oxygen atoms in total. The van der Waals surface area contributed by atoms with E-state index >= 15 is 0 Å². The van der Waals surface area contributed by atoms with Crippen molar-refractivity contribution in [3.05, 3.63) is 24.7 Å². The summed E-state index contributed by atoms with van der Waals surface area (Å²) >= 11 is 0. The molecule has 0 radical (unpaired) electrons. The van der Waals surface area contributed by atoms with Crippen LogP contribution in [-0.2, 0) is 23.8 Å². The van der Waals surface area contributed by atoms with Gasteiger partial charge in [0.25, 0.3) is 0 Å². The predicted molar refractivity (Wildman–Crippen MR) is 80.3 cm³/mol. The Morgan fingerprint density at radius 2 is 1.19 bits per heavy atom. The van der Waals surface area contributed by atoms with Gasteiger partial charge in [0, 0.05) is 13.8 Å². The van der Waals surface area contributed by atoms with E-state index < -0.39 is 24.1 Å². The fourth-order valence-electron chi connectivity index (χ4n) is 1.80. The fourth-order valence-corrected chi connectivity index (χ4v) is 1.80. The summed E-state index contributed by atoms with van der Waals surface area (Å²) in [5, 5.41) is 0. The molecule has 21 heavy (non-hydrogen) atoms. The van der Waals surface area contributed by atoms with Crippen molar-refractivity contribution in [3.63, 3.8) is 0 Å². The summed E-state index contributed by atoms with van der Waals surface area (Å²) in [7, 11) is 0. The average molecular weight is 298 g/mol. The largest absolute Gasteiger partial charge is 0.459 e. The summed E-state index contributed by atoms with van der Waals surface area (Å²) in [6.45, 7) is 14.2. The molecule has 5 heteroatoms. The molecule has 0 aromatic rings. The monoisotopic (exact) mass is 298 g/mol. The fraction of sp³-hybridized carbons (Fsp3) is 0.625. The highest BCUT2D eigenvalue weighted by Crippen LogP contribution is 2.21. The Morgan fingerprint density at radius 3 is 1.43 bits per heavy atom. The Morgan fingerprint density at radius 1 is 0.857 bits per heavy atom. The topological polar surface area (TPSA) is 61.8 Å². The Labute approximate surface area is 126 Å². The van der Waals surface area contributed by atoms with Gasteiger partial charge in [0.1, 0.15) is 11.5 Å². The molecule has 0 amide bonds. The second-order valence-electron chi connectivity index (χ2n) is 4.81. The Hall–Kier alpha value is -1.78. The van der Waals surface area contributed by atoms with Gasteiger partial charge in [0.05, 0.1) is 0 Å². The molecule has 0 saturated carbocycles. The molecular formula is C16H26O5. The van der Waals surface area contributed by atoms with E-state index in [1.807, 2.05) is 13.8 Å². The number of hydrogen-bond donors (Lipinski definition) is 0. The summed E-state index contributed by atoms with van der Waals surface area (Å²) in [5.74, 6) is -0.196. The molecular weight excluding hydrogens is 272 g/mol. The number of esters is 2. The predicted octanol–water partition coefficient (Wildman–Crippen LogP) is 3.49. The van der Waals surface area contributed by atoms with Crippen LogP contribution >= 0.6 is 0 Å². The van der Waals surface area contributed by atoms with Crippen LogP contribution in [0.25, 0.3) is 0 Å². The van der Waals surface area contributed by atoms with E-state index in [0.29, 0.717) is 24.4 Å². The number of carbonyl (C=O) groups is 2. The van der Waals surface area contributed by atoms with Gasteiger partial charge in [-0.1, -0.05) is 39.8 Å². The number of rotatable bonds is 10. The molecule has 0 bridgehead atoms. The van der Waals surface area contributed by atoms with Gasteiger partial charge in [-0.05, 0) is 12.8 Å². The van der Waals surface area contributed by atoms with Crippen LogP contribution in [0, 0.1) is 0 Å². The van der Waals surface area contributed by atoms with Crippen LogP contribution in [0.5, 0.6) is 0 Å². The zero-order valence-electron chi connectivity index (χ0n) is 13.4. The molecule has 0 aromatic heterocycles. The lowest BCUT2D eigenvalue weighted by molar-refractivity contribution is -0.147. The van der Waals surface area contributed by atoms with Gasteiger partial charge in [-0.2, -0.15) is 0 Å². The second kappa shape index (κ2) is 10.0. The lowest BCUT2D eigenvalue weighted by atomic mass is 10.1. The molecule has 120 valence electrons. The summed E-state index contributed by atoms with van der Waals surface area (Å²) in [4.78, 5) is 22.2. The van der Waals surface area contributed by atoms with Crippen LogP contribution < -0.4 is 0 Å². The summed E-state index contributed by atoms with van der Waals surface area (Å²) in [6.07, 6.45) is 1.80. The minimum absolute atomic E-state index is 0.297. The lowest BCUT2D eigenvalue weighted by Gasteiger charge is -2.24. The molecule has 0 fully saturated rings. The summed E-state index contributed by atoms with van der Waals surface area (Å²) in [6, 6.07) is 0. The highest BCUT2D eigenvalue weighted by atomic mass is 16.6. The van der Waals surface area contributed by atoms with Crippen LogP contribution in [0.4, 0.5) is 0 Å². The molecule has 2 unspecified atom stereocenters. The third kappa shape index (κ3) is 8.17. The summed E-state index contributed by atoms with van der Waals surface area (Å²) in [5.41, 5.74) is 0. The lowest BCUT2D eigenvalue weighted by Crippen LogP contribution is -2.24. The minimum Gasteiger partial charge on any atom is -0.459 e. The highest BCUT2D eigenvalue weighted by molar-refractivity contribution is 5.66. The van der Waals surface area contributed by atoms with E-state index in [1.165, 1.54) is 13.8 Å². The normalized spacial score (nSPS) is 13.0. The molecule has 0 heterocycles. The van der Waals surface area contributed by atoms with Crippen LogP contribution in [-0.4, -0.2) is 24.1 Å². The SMILES string of the molecule is C=C(OC(=C)C(CCC)OC(C)=O)C(CCC)OC(C)=O. The molecule has 0 aliphatic rings. The zero-order valence-corrected chi connectivity index (χ0v) is 13.4. The smallest absolute Gasteiger partial charge is 0.303 e. The maximum atomic E-state index is 11.1. The van der Waals surface area contributed by atoms with E-state index in [4.69, 9.17) is 14.2 Å². The highest BCUT2D eigenvalue weighted by Gasteiger charge is 2.22. The van der Waals surface area contributed by atoms with E-state index in [9.17, 15) is 9.59 Å². The summed E-state index contributed by atoms with van der Waals surface area (Å²) < 4.78 is 15.9. The first-order valence-electron chi connectivity index (χ1n) is 7.21. The van der Waals surface area contributed by atoms with Gasteiger partial charge in [0.15, 0.2) is 12.2 Å². The average Bonchev–Trinajstić information content (AvgIpc) is 2.36. The van der Waals surface area contributed by atoms with Crippen molar-refractivity contribution in [2.75, 3.05) is 0 Å². The van der Waals surface area contributed by atoms with Crippen molar-refractivity contribution >= 4 is 11.9 Å². The Balaban J connectivity index is 4.71. The molecule has 0 spiro atoms. The first-order chi connectivity index (χ1) is 9.81. The molecule has 0 aromatic carbocycles. The van der Waals surface area contributed by atoms with Crippen molar-refractivity contribution in [1.29, 1.82) is 0 Å². The first kappa shape index (κ1) is 19.2. The molecule has 0 rings (SSSR count). The zero-order chi connectivity index (χ0) is 16.4. The molecule has 2 atom stereocenters. The Bertz CT molecular complexity index is 350. The van der Waals surface area contributed by atoms with Crippen molar-refractivity contribution in [2.45, 2.75) is 65.6 Å². The van der Waals surface area contributed by atoms with E-state index in [2.05, 4.69) is 13.2 Å². The van der Waals surface area contributed by atoms with Crippen LogP contribution in [0.2, 0.25) is 0 Å². The number of carbonyl (C=O) groups excluding carboxylic acids is 2. The quantitative estimate of drug-likeness (QED) is 0.456. The van der Waals surface area contributed by atoms with E-state index in [0.717, 1.165) is 12.8 Å². The molecule has 0 saturated heterocycles.